The Morgan fingerprint density at radius 1 is 1.05 bits per heavy atom. The lowest BCUT2D eigenvalue weighted by Crippen LogP contribution is -2.42. The van der Waals surface area contributed by atoms with Crippen LogP contribution in [0.3, 0.4) is 0 Å². The Hall–Kier alpha value is -3.90. The van der Waals surface area contributed by atoms with Gasteiger partial charge in [-0.15, -0.1) is 0 Å². The second-order valence-electron chi connectivity index (χ2n) is 10.5. The van der Waals surface area contributed by atoms with E-state index >= 15 is 8.78 Å². The molecular weight excluding hydrogens is 477 g/mol. The molecule has 3 heterocycles. The van der Waals surface area contributed by atoms with E-state index in [2.05, 4.69) is 9.88 Å². The maximum Gasteiger partial charge on any atom is 0.167 e. The van der Waals surface area contributed by atoms with E-state index in [0.717, 1.165) is 44.0 Å². The van der Waals surface area contributed by atoms with Crippen molar-refractivity contribution in [3.8, 4) is 23.1 Å². The zero-order chi connectivity index (χ0) is 25.5. The molecule has 6 nitrogen and oxygen atoms in total. The van der Waals surface area contributed by atoms with E-state index in [4.69, 9.17) is 16.0 Å². The molecule has 0 bridgehead atoms. The second kappa shape index (κ2) is 7.80. The molecule has 7 rings (SSSR count). The number of halogens is 3. The van der Waals surface area contributed by atoms with Gasteiger partial charge in [0.25, 0.3) is 0 Å². The van der Waals surface area contributed by atoms with Gasteiger partial charge in [-0.05, 0) is 79.0 Å². The summed E-state index contributed by atoms with van der Waals surface area (Å²) < 4.78 is 47.4. The molecule has 1 saturated heterocycles. The first-order chi connectivity index (χ1) is 17.9. The van der Waals surface area contributed by atoms with Gasteiger partial charge >= 0.3 is 0 Å². The lowest BCUT2D eigenvalue weighted by atomic mass is 10.0. The molecule has 0 radical (unpaired) electrons. The lowest BCUT2D eigenvalue weighted by Gasteiger charge is -2.32. The Bertz CT molecular complexity index is 1610. The Labute approximate surface area is 211 Å². The lowest BCUT2D eigenvalue weighted by molar-refractivity contribution is 0.507. The van der Waals surface area contributed by atoms with E-state index in [-0.39, 0.29) is 39.7 Å². The van der Waals surface area contributed by atoms with Crippen LogP contribution in [0.4, 0.5) is 18.9 Å². The molecule has 1 atom stereocenters. The van der Waals surface area contributed by atoms with Crippen LogP contribution in [0.5, 0.6) is 0 Å². The minimum Gasteiger partial charge on any atom is -0.368 e. The van der Waals surface area contributed by atoms with E-state index < -0.39 is 17.5 Å². The normalized spacial score (nSPS) is 24.1. The highest BCUT2D eigenvalue weighted by atomic mass is 19.1. The minimum atomic E-state index is -0.738. The molecule has 4 aromatic rings. The van der Waals surface area contributed by atoms with Crippen molar-refractivity contribution in [1.29, 1.82) is 5.26 Å². The smallest absolute Gasteiger partial charge is 0.167 e. The van der Waals surface area contributed by atoms with Crippen molar-refractivity contribution in [2.75, 3.05) is 18.0 Å². The fraction of sp³-hybridized carbons (Fsp3) is 0.321. The summed E-state index contributed by atoms with van der Waals surface area (Å²) in [5.41, 5.74) is 8.14. The molecular formula is C28H23F3N6. The number of rotatable bonds is 4. The number of nitrogens with two attached hydrogens (primary N) is 1. The van der Waals surface area contributed by atoms with Crippen molar-refractivity contribution >= 4 is 16.9 Å². The SMILES string of the molecule is N#Cc1ccc(-c2nc3c(N4CCC[C@@H](N)C4)ccnc3n2-c2c(F)cc(C34CC3C4)cc2F)cc1F. The van der Waals surface area contributed by atoms with E-state index in [0.29, 0.717) is 23.5 Å². The highest BCUT2D eigenvalue weighted by Gasteiger charge is 2.70. The van der Waals surface area contributed by atoms with Gasteiger partial charge in [-0.25, -0.2) is 23.1 Å². The second-order valence-corrected chi connectivity index (χ2v) is 10.5. The Morgan fingerprint density at radius 2 is 1.81 bits per heavy atom. The average Bonchev–Trinajstić information content (AvgIpc) is 3.73. The summed E-state index contributed by atoms with van der Waals surface area (Å²) in [6.45, 7) is 1.38. The number of anilines is 1. The third-order valence-corrected chi connectivity index (χ3v) is 8.17. The van der Waals surface area contributed by atoms with E-state index in [1.807, 2.05) is 6.07 Å². The molecule has 3 fully saturated rings. The number of nitrogens with zero attached hydrogens (tertiary/aromatic N) is 5. The molecule has 37 heavy (non-hydrogen) atoms. The van der Waals surface area contributed by atoms with Crippen LogP contribution in [0, 0.1) is 34.7 Å². The molecule has 0 spiro atoms. The first-order valence-corrected chi connectivity index (χ1v) is 12.5. The first-order valence-electron chi connectivity index (χ1n) is 12.5. The third-order valence-electron chi connectivity index (χ3n) is 8.17. The van der Waals surface area contributed by atoms with Crippen molar-refractivity contribution in [3.63, 3.8) is 0 Å². The monoisotopic (exact) mass is 500 g/mol. The third kappa shape index (κ3) is 3.36. The van der Waals surface area contributed by atoms with Gasteiger partial charge in [-0.2, -0.15) is 5.26 Å². The summed E-state index contributed by atoms with van der Waals surface area (Å²) in [6.07, 6.45) is 5.35. The van der Waals surface area contributed by atoms with E-state index in [1.165, 1.54) is 28.8 Å². The number of imidazole rings is 1. The largest absolute Gasteiger partial charge is 0.368 e. The van der Waals surface area contributed by atoms with Gasteiger partial charge in [-0.1, -0.05) is 0 Å². The predicted molar refractivity (Wildman–Crippen MR) is 133 cm³/mol. The van der Waals surface area contributed by atoms with Crippen molar-refractivity contribution in [3.05, 3.63) is 71.2 Å². The molecule has 0 unspecified atom stereocenters. The summed E-state index contributed by atoms with van der Waals surface area (Å²) in [6, 6.07) is 10.5. The summed E-state index contributed by atoms with van der Waals surface area (Å²) in [5.74, 6) is -1.51. The highest BCUT2D eigenvalue weighted by molar-refractivity contribution is 5.90. The van der Waals surface area contributed by atoms with Gasteiger partial charge in [0, 0.05) is 30.9 Å². The summed E-state index contributed by atoms with van der Waals surface area (Å²) in [7, 11) is 0. The molecule has 1 aliphatic heterocycles. The van der Waals surface area contributed by atoms with Gasteiger partial charge in [0.15, 0.2) is 17.3 Å². The number of aromatic nitrogens is 3. The first kappa shape index (κ1) is 22.3. The Balaban J connectivity index is 1.47. The summed E-state index contributed by atoms with van der Waals surface area (Å²) >= 11 is 0. The molecule has 0 amide bonds. The van der Waals surface area contributed by atoms with Crippen LogP contribution in [0.1, 0.15) is 36.8 Å². The number of nitriles is 1. The molecule has 2 saturated carbocycles. The molecule has 2 aromatic carbocycles. The van der Waals surface area contributed by atoms with Crippen molar-refractivity contribution < 1.29 is 13.2 Å². The van der Waals surface area contributed by atoms with Gasteiger partial charge in [0.1, 0.15) is 28.9 Å². The molecule has 2 aromatic heterocycles. The molecule has 2 N–H and O–H groups in total. The molecule has 186 valence electrons. The number of hydrogen-bond donors (Lipinski definition) is 1. The zero-order valence-electron chi connectivity index (χ0n) is 19.9. The van der Waals surface area contributed by atoms with Crippen LogP contribution >= 0.6 is 0 Å². The Kier molecular flexibility index (Phi) is 4.70. The van der Waals surface area contributed by atoms with Crippen LogP contribution in [-0.4, -0.2) is 33.7 Å². The number of hydrogen-bond acceptors (Lipinski definition) is 5. The van der Waals surface area contributed by atoms with Gasteiger partial charge in [0.2, 0.25) is 0 Å². The van der Waals surface area contributed by atoms with Crippen LogP contribution < -0.4 is 10.6 Å². The highest BCUT2D eigenvalue weighted by Crippen LogP contribution is 2.75. The number of benzene rings is 2. The minimum absolute atomic E-state index is 0.00151. The number of pyridine rings is 1. The zero-order valence-corrected chi connectivity index (χ0v) is 19.9. The maximum absolute atomic E-state index is 15.7. The Morgan fingerprint density at radius 3 is 2.46 bits per heavy atom. The quantitative estimate of drug-likeness (QED) is 0.428. The molecule has 2 aliphatic carbocycles. The standard InChI is InChI=1S/C28H23F3N6/c29-20-8-15(3-4-16(20)13-32)26-35-24-23(36-7-1-2-19(33)14-36)5-6-34-27(24)37(26)25-21(30)9-17(10-22(25)31)28-11-18(28)12-28/h3-6,8-10,18-19H,1-2,7,11-12,14,33H2/t18?,19-,28?/m1/s1. The maximum atomic E-state index is 15.7. The van der Waals surface area contributed by atoms with Crippen LogP contribution in [-0.2, 0) is 5.41 Å². The van der Waals surface area contributed by atoms with E-state index in [1.54, 1.807) is 12.3 Å². The van der Waals surface area contributed by atoms with Gasteiger partial charge < -0.3 is 10.6 Å². The fourth-order valence-electron chi connectivity index (χ4n) is 5.83. The van der Waals surface area contributed by atoms with Crippen molar-refractivity contribution in [2.45, 2.75) is 37.1 Å². The number of piperidine rings is 1. The number of fused-ring (bicyclic) bond motifs is 2. The van der Waals surface area contributed by atoms with Gasteiger partial charge in [0.05, 0.1) is 11.3 Å². The molecule has 3 aliphatic rings. The van der Waals surface area contributed by atoms with Crippen molar-refractivity contribution in [1.82, 2.24) is 14.5 Å². The average molecular weight is 501 g/mol. The predicted octanol–water partition coefficient (Wildman–Crippen LogP) is 4.97. The van der Waals surface area contributed by atoms with Crippen LogP contribution in [0.15, 0.2) is 42.6 Å². The summed E-state index contributed by atoms with van der Waals surface area (Å²) in [5, 5.41) is 9.17. The van der Waals surface area contributed by atoms with Crippen LogP contribution in [0.2, 0.25) is 0 Å². The van der Waals surface area contributed by atoms with Crippen molar-refractivity contribution in [2.24, 2.45) is 11.7 Å². The van der Waals surface area contributed by atoms with Crippen LogP contribution in [0.25, 0.3) is 28.2 Å². The molecule has 9 heteroatoms. The van der Waals surface area contributed by atoms with E-state index in [9.17, 15) is 4.39 Å². The topological polar surface area (TPSA) is 83.8 Å². The van der Waals surface area contributed by atoms with Gasteiger partial charge in [-0.3, -0.25) is 4.57 Å². The fourth-order valence-corrected chi connectivity index (χ4v) is 5.83. The summed E-state index contributed by atoms with van der Waals surface area (Å²) in [4.78, 5) is 11.3.